The monoisotopic (exact) mass is 300 g/mol. The van der Waals surface area contributed by atoms with Gasteiger partial charge in [0, 0.05) is 5.56 Å². The molecule has 6 heteroatoms. The quantitative estimate of drug-likeness (QED) is 0.631. The molecule has 6 nitrogen and oxygen atoms in total. The minimum Gasteiger partial charge on any atom is -0.507 e. The van der Waals surface area contributed by atoms with E-state index in [0.717, 1.165) is 0 Å². The first-order chi connectivity index (χ1) is 10.7. The first-order valence-corrected chi connectivity index (χ1v) is 6.56. The smallest absolute Gasteiger partial charge is 0.277 e. The SMILES string of the molecule is COc1ccc(OCC(=O)N/N=C/c2ccccc2O)cc1. The number of rotatable bonds is 6. The summed E-state index contributed by atoms with van der Waals surface area (Å²) < 4.78 is 10.3. The molecule has 114 valence electrons. The van der Waals surface area contributed by atoms with E-state index in [-0.39, 0.29) is 12.4 Å². The average molecular weight is 300 g/mol. The van der Waals surface area contributed by atoms with Gasteiger partial charge in [-0.3, -0.25) is 4.79 Å². The third-order valence-electron chi connectivity index (χ3n) is 2.76. The van der Waals surface area contributed by atoms with Crippen molar-refractivity contribution >= 4 is 12.1 Å². The number of aromatic hydroxyl groups is 1. The fourth-order valence-corrected chi connectivity index (χ4v) is 1.62. The van der Waals surface area contributed by atoms with E-state index in [1.807, 2.05) is 0 Å². The Balaban J connectivity index is 1.79. The number of amides is 1. The second kappa shape index (κ2) is 7.68. The standard InChI is InChI=1S/C16H16N2O4/c1-21-13-6-8-14(9-7-13)22-11-16(20)18-17-10-12-4-2-3-5-15(12)19/h2-10,19H,11H2,1H3,(H,18,20)/b17-10+. The van der Waals surface area contributed by atoms with Crippen LogP contribution in [-0.2, 0) is 4.79 Å². The van der Waals surface area contributed by atoms with Crippen LogP contribution in [0.5, 0.6) is 17.2 Å². The number of ether oxygens (including phenoxy) is 2. The summed E-state index contributed by atoms with van der Waals surface area (Å²) in [4.78, 5) is 11.6. The molecule has 22 heavy (non-hydrogen) atoms. The highest BCUT2D eigenvalue weighted by molar-refractivity contribution is 5.85. The maximum Gasteiger partial charge on any atom is 0.277 e. The first-order valence-electron chi connectivity index (χ1n) is 6.56. The second-order valence-electron chi connectivity index (χ2n) is 4.32. The van der Waals surface area contributed by atoms with Crippen molar-refractivity contribution in [2.45, 2.75) is 0 Å². The van der Waals surface area contributed by atoms with E-state index in [1.54, 1.807) is 49.6 Å². The lowest BCUT2D eigenvalue weighted by molar-refractivity contribution is -0.123. The van der Waals surface area contributed by atoms with Gasteiger partial charge in [0.05, 0.1) is 13.3 Å². The molecular formula is C16H16N2O4. The third kappa shape index (κ3) is 4.52. The number of nitrogens with zero attached hydrogens (tertiary/aromatic N) is 1. The minimum atomic E-state index is -0.400. The highest BCUT2D eigenvalue weighted by Crippen LogP contribution is 2.16. The molecule has 2 N–H and O–H groups in total. The van der Waals surface area contributed by atoms with Crippen LogP contribution < -0.4 is 14.9 Å². The number of nitrogens with one attached hydrogen (secondary N) is 1. The van der Waals surface area contributed by atoms with Crippen molar-refractivity contribution in [2.75, 3.05) is 13.7 Å². The zero-order valence-electron chi connectivity index (χ0n) is 12.0. The van der Waals surface area contributed by atoms with Crippen molar-refractivity contribution in [3.63, 3.8) is 0 Å². The summed E-state index contributed by atoms with van der Waals surface area (Å²) in [5.41, 5.74) is 2.83. The van der Waals surface area contributed by atoms with Gasteiger partial charge in [-0.05, 0) is 36.4 Å². The van der Waals surface area contributed by atoms with Gasteiger partial charge in [0.2, 0.25) is 0 Å². The van der Waals surface area contributed by atoms with E-state index in [2.05, 4.69) is 10.5 Å². The summed E-state index contributed by atoms with van der Waals surface area (Å²) >= 11 is 0. The van der Waals surface area contributed by atoms with Crippen LogP contribution >= 0.6 is 0 Å². The number of carbonyl (C=O) groups is 1. The van der Waals surface area contributed by atoms with Crippen molar-refractivity contribution in [3.05, 3.63) is 54.1 Å². The number of phenols is 1. The molecule has 0 bridgehead atoms. The molecule has 0 spiro atoms. The van der Waals surface area contributed by atoms with Gasteiger partial charge < -0.3 is 14.6 Å². The summed E-state index contributed by atoms with van der Waals surface area (Å²) in [6.07, 6.45) is 1.36. The van der Waals surface area contributed by atoms with Gasteiger partial charge in [0.15, 0.2) is 6.61 Å². The zero-order valence-corrected chi connectivity index (χ0v) is 12.0. The minimum absolute atomic E-state index is 0.0926. The Bertz CT molecular complexity index is 653. The Morgan fingerprint density at radius 3 is 2.55 bits per heavy atom. The molecule has 0 aromatic heterocycles. The Morgan fingerprint density at radius 2 is 1.86 bits per heavy atom. The number of hydrazone groups is 1. The van der Waals surface area contributed by atoms with Crippen molar-refractivity contribution in [2.24, 2.45) is 5.10 Å². The number of para-hydroxylation sites is 1. The van der Waals surface area contributed by atoms with Gasteiger partial charge in [-0.25, -0.2) is 5.43 Å². The number of hydrogen-bond acceptors (Lipinski definition) is 5. The van der Waals surface area contributed by atoms with Crippen molar-refractivity contribution in [3.8, 4) is 17.2 Å². The highest BCUT2D eigenvalue weighted by atomic mass is 16.5. The molecule has 0 aliphatic rings. The lowest BCUT2D eigenvalue weighted by Crippen LogP contribution is -2.24. The van der Waals surface area contributed by atoms with Crippen LogP contribution in [0.2, 0.25) is 0 Å². The average Bonchev–Trinajstić information content (AvgIpc) is 2.55. The molecule has 0 aliphatic heterocycles. The van der Waals surface area contributed by atoms with Gasteiger partial charge in [-0.15, -0.1) is 0 Å². The number of methoxy groups -OCH3 is 1. The fourth-order valence-electron chi connectivity index (χ4n) is 1.62. The molecule has 0 aliphatic carbocycles. The molecule has 0 fully saturated rings. The van der Waals surface area contributed by atoms with Gasteiger partial charge in [0.1, 0.15) is 17.2 Å². The number of benzene rings is 2. The molecule has 1 amide bonds. The van der Waals surface area contributed by atoms with Crippen LogP contribution in [0, 0.1) is 0 Å². The normalized spacial score (nSPS) is 10.4. The summed E-state index contributed by atoms with van der Waals surface area (Å²) in [7, 11) is 1.58. The van der Waals surface area contributed by atoms with Gasteiger partial charge >= 0.3 is 0 Å². The predicted octanol–water partition coefficient (Wildman–Crippen LogP) is 1.93. The van der Waals surface area contributed by atoms with Crippen LogP contribution in [-0.4, -0.2) is 30.9 Å². The predicted molar refractivity (Wildman–Crippen MR) is 82.3 cm³/mol. The zero-order chi connectivity index (χ0) is 15.8. The molecule has 0 atom stereocenters. The molecule has 0 radical (unpaired) electrons. The van der Waals surface area contributed by atoms with Crippen molar-refractivity contribution in [1.82, 2.24) is 5.43 Å². The molecule has 2 aromatic rings. The van der Waals surface area contributed by atoms with Crippen LogP contribution in [0.25, 0.3) is 0 Å². The summed E-state index contributed by atoms with van der Waals surface area (Å²) in [6, 6.07) is 13.6. The van der Waals surface area contributed by atoms with E-state index in [9.17, 15) is 9.90 Å². The van der Waals surface area contributed by atoms with Crippen molar-refractivity contribution < 1.29 is 19.4 Å². The Hall–Kier alpha value is -3.02. The van der Waals surface area contributed by atoms with E-state index < -0.39 is 5.91 Å². The molecule has 2 rings (SSSR count). The molecule has 0 saturated heterocycles. The second-order valence-corrected chi connectivity index (χ2v) is 4.32. The number of hydrogen-bond donors (Lipinski definition) is 2. The topological polar surface area (TPSA) is 80.2 Å². The van der Waals surface area contributed by atoms with Gasteiger partial charge in [0.25, 0.3) is 5.91 Å². The third-order valence-corrected chi connectivity index (χ3v) is 2.76. The van der Waals surface area contributed by atoms with E-state index in [4.69, 9.17) is 9.47 Å². The summed E-state index contributed by atoms with van der Waals surface area (Å²) in [5, 5.41) is 13.3. The van der Waals surface area contributed by atoms with E-state index in [1.165, 1.54) is 12.3 Å². The summed E-state index contributed by atoms with van der Waals surface area (Å²) in [5.74, 6) is 0.960. The fraction of sp³-hybridized carbons (Fsp3) is 0.125. The van der Waals surface area contributed by atoms with Crippen LogP contribution in [0.15, 0.2) is 53.6 Å². The van der Waals surface area contributed by atoms with Gasteiger partial charge in [-0.2, -0.15) is 5.10 Å². The van der Waals surface area contributed by atoms with Crippen LogP contribution in [0.4, 0.5) is 0 Å². The maximum atomic E-state index is 11.6. The van der Waals surface area contributed by atoms with Crippen molar-refractivity contribution in [1.29, 1.82) is 0 Å². The van der Waals surface area contributed by atoms with Crippen LogP contribution in [0.3, 0.4) is 0 Å². The van der Waals surface area contributed by atoms with Crippen LogP contribution in [0.1, 0.15) is 5.56 Å². The lowest BCUT2D eigenvalue weighted by atomic mass is 10.2. The lowest BCUT2D eigenvalue weighted by Gasteiger charge is -2.05. The first kappa shape index (κ1) is 15.4. The highest BCUT2D eigenvalue weighted by Gasteiger charge is 2.02. The number of phenolic OH excluding ortho intramolecular Hbond substituents is 1. The molecule has 0 unspecified atom stereocenters. The Labute approximate surface area is 128 Å². The molecular weight excluding hydrogens is 284 g/mol. The molecule has 2 aromatic carbocycles. The summed E-state index contributed by atoms with van der Waals surface area (Å²) in [6.45, 7) is -0.162. The number of carbonyl (C=O) groups excluding carboxylic acids is 1. The Kier molecular flexibility index (Phi) is 5.37. The van der Waals surface area contributed by atoms with Gasteiger partial charge in [-0.1, -0.05) is 12.1 Å². The maximum absolute atomic E-state index is 11.6. The Morgan fingerprint density at radius 1 is 1.18 bits per heavy atom. The molecule has 0 saturated carbocycles. The molecule has 0 heterocycles. The van der Waals surface area contributed by atoms with E-state index in [0.29, 0.717) is 17.1 Å². The largest absolute Gasteiger partial charge is 0.507 e. The van der Waals surface area contributed by atoms with E-state index >= 15 is 0 Å².